The quantitative estimate of drug-likeness (QED) is 0.234. The third-order valence-electron chi connectivity index (χ3n) is 11.2. The van der Waals surface area contributed by atoms with Gasteiger partial charge in [0.15, 0.2) is 8.32 Å². The molecule has 0 aromatic carbocycles. The first-order valence-electron chi connectivity index (χ1n) is 16.6. The first-order chi connectivity index (χ1) is 21.4. The van der Waals surface area contributed by atoms with Crippen LogP contribution in [-0.4, -0.2) is 37.5 Å². The number of aromatic nitrogens is 2. The Kier molecular flexibility index (Phi) is 8.30. The second-order valence-corrected chi connectivity index (χ2v) is 20.3. The largest absolute Gasteiger partial charge is 0.455 e. The van der Waals surface area contributed by atoms with Crippen LogP contribution in [0.25, 0.3) is 0 Å². The van der Waals surface area contributed by atoms with Gasteiger partial charge in [-0.05, 0) is 61.0 Å². The maximum Gasteiger partial charge on any atom is 0.417 e. The van der Waals surface area contributed by atoms with Gasteiger partial charge in [0.05, 0.1) is 28.7 Å². The van der Waals surface area contributed by atoms with Gasteiger partial charge in [-0.15, -0.1) is 0 Å². The van der Waals surface area contributed by atoms with Crippen molar-refractivity contribution in [2.45, 2.75) is 134 Å². The fraction of sp³-hybridized carbons (Fsp3) is 0.686. The lowest BCUT2D eigenvalue weighted by Crippen LogP contribution is -2.49. The second kappa shape index (κ2) is 11.4. The van der Waals surface area contributed by atoms with Crippen LogP contribution in [0.15, 0.2) is 18.3 Å². The lowest BCUT2D eigenvalue weighted by Gasteiger charge is -2.54. The van der Waals surface area contributed by atoms with E-state index in [1.165, 1.54) is 13.0 Å². The predicted octanol–water partition coefficient (Wildman–Crippen LogP) is 8.99. The highest BCUT2D eigenvalue weighted by molar-refractivity contribution is 6.74. The van der Waals surface area contributed by atoms with Gasteiger partial charge in [-0.2, -0.15) is 13.2 Å². The van der Waals surface area contributed by atoms with Gasteiger partial charge in [-0.3, -0.25) is 14.8 Å². The molecule has 0 radical (unpaired) electrons. The summed E-state index contributed by atoms with van der Waals surface area (Å²) in [6.45, 7) is 17.7. The van der Waals surface area contributed by atoms with Gasteiger partial charge < -0.3 is 18.6 Å². The highest BCUT2D eigenvalue weighted by atomic mass is 28.4. The summed E-state index contributed by atoms with van der Waals surface area (Å²) >= 11 is 0. The van der Waals surface area contributed by atoms with Crippen molar-refractivity contribution in [3.8, 4) is 0 Å². The Bertz CT molecular complexity index is 1490. The molecule has 0 amide bonds. The zero-order valence-corrected chi connectivity index (χ0v) is 29.3. The highest BCUT2D eigenvalue weighted by Gasteiger charge is 2.59. The van der Waals surface area contributed by atoms with Crippen molar-refractivity contribution in [2.75, 3.05) is 13.2 Å². The van der Waals surface area contributed by atoms with Crippen LogP contribution in [-0.2, 0) is 35.2 Å². The van der Waals surface area contributed by atoms with Crippen molar-refractivity contribution < 1.29 is 36.6 Å². The van der Waals surface area contributed by atoms with E-state index >= 15 is 0 Å². The van der Waals surface area contributed by atoms with E-state index in [-0.39, 0.29) is 28.4 Å². The Morgan fingerprint density at radius 2 is 1.74 bits per heavy atom. The van der Waals surface area contributed by atoms with Crippen molar-refractivity contribution in [1.82, 2.24) is 9.97 Å². The normalized spacial score (nSPS) is 25.3. The number of pyridine rings is 2. The summed E-state index contributed by atoms with van der Waals surface area (Å²) < 4.78 is 67.0. The van der Waals surface area contributed by atoms with E-state index in [9.17, 15) is 18.0 Å². The molecule has 0 N–H and O–H groups in total. The number of fused-ring (bicyclic) bond motifs is 4. The topological polar surface area (TPSA) is 79.8 Å². The van der Waals surface area contributed by atoms with E-state index in [4.69, 9.17) is 23.6 Å². The number of rotatable bonds is 5. The molecule has 46 heavy (non-hydrogen) atoms. The van der Waals surface area contributed by atoms with Gasteiger partial charge in [-0.25, -0.2) is 0 Å². The first kappa shape index (κ1) is 33.6. The highest BCUT2D eigenvalue weighted by Crippen LogP contribution is 2.65. The Labute approximate surface area is 271 Å². The van der Waals surface area contributed by atoms with Crippen LogP contribution in [0, 0.1) is 5.41 Å². The first-order valence-corrected chi connectivity index (χ1v) is 19.5. The van der Waals surface area contributed by atoms with Crippen molar-refractivity contribution in [1.29, 1.82) is 0 Å². The Morgan fingerprint density at radius 1 is 1.07 bits per heavy atom. The zero-order valence-electron chi connectivity index (χ0n) is 28.3. The van der Waals surface area contributed by atoms with Crippen LogP contribution in [0.2, 0.25) is 18.1 Å². The minimum atomic E-state index is -4.50. The minimum absolute atomic E-state index is 0.0495. The number of carbonyl (C=O) groups is 1. The number of hydrogen-bond donors (Lipinski definition) is 0. The lowest BCUT2D eigenvalue weighted by molar-refractivity contribution is -0.167. The van der Waals surface area contributed by atoms with E-state index in [1.54, 1.807) is 0 Å². The summed E-state index contributed by atoms with van der Waals surface area (Å²) in [5, 5.41) is -0.0549. The molecule has 0 bridgehead atoms. The predicted molar refractivity (Wildman–Crippen MR) is 169 cm³/mol. The number of carbonyl (C=O) groups excluding carboxylic acids is 1. The smallest absolute Gasteiger partial charge is 0.417 e. The van der Waals surface area contributed by atoms with Gasteiger partial charge in [0, 0.05) is 61.4 Å². The SMILES string of the molecule is CC(=O)OC1c2nc(C(C)C)c3c(c2C(O[Si](C)(C)C(C)(C)C)CC12CCC2)C1(CCOCC1)O[C@@H]3c1ccc(C(F)(F)F)cn1. The van der Waals surface area contributed by atoms with E-state index < -0.39 is 37.9 Å². The molecule has 2 aliphatic heterocycles. The molecule has 2 unspecified atom stereocenters. The van der Waals surface area contributed by atoms with E-state index in [0.29, 0.717) is 38.2 Å². The molecular formula is C35H47F3N2O5Si. The fourth-order valence-electron chi connectivity index (χ4n) is 7.67. The maximum absolute atomic E-state index is 13.5. The van der Waals surface area contributed by atoms with Crippen LogP contribution in [0.4, 0.5) is 13.2 Å². The summed E-state index contributed by atoms with van der Waals surface area (Å²) in [6, 6.07) is 2.50. The molecule has 7 nitrogen and oxygen atoms in total. The summed E-state index contributed by atoms with van der Waals surface area (Å²) in [7, 11) is -2.32. The van der Waals surface area contributed by atoms with Gasteiger partial charge in [0.25, 0.3) is 0 Å². The Morgan fingerprint density at radius 3 is 2.24 bits per heavy atom. The standard InChI is InChI=1S/C35H47F3N2O5Si/c1-20(2)28-26-27(34(14-16-42-17-15-34)44-30(26)23-11-10-22(19-39-23)35(36,37)38)25-24(45-46(7,8)32(4,5)6)18-33(12-9-13-33)31(29(25)40-28)43-21(3)41/h10-11,19-20,24,30-31H,9,12-18H2,1-8H3/t24?,30-,31?/m1/s1. The molecule has 2 aromatic heterocycles. The van der Waals surface area contributed by atoms with Crippen molar-refractivity contribution in [3.05, 3.63) is 57.7 Å². The monoisotopic (exact) mass is 660 g/mol. The Balaban J connectivity index is 1.64. The lowest BCUT2D eigenvalue weighted by atomic mass is 9.57. The van der Waals surface area contributed by atoms with Gasteiger partial charge in [0.1, 0.15) is 12.2 Å². The average molecular weight is 661 g/mol. The number of hydrogen-bond acceptors (Lipinski definition) is 7. The molecule has 3 atom stereocenters. The van der Waals surface area contributed by atoms with Crippen molar-refractivity contribution in [3.63, 3.8) is 0 Å². The summed E-state index contributed by atoms with van der Waals surface area (Å²) in [5.41, 5.74) is 2.89. The van der Waals surface area contributed by atoms with E-state index in [1.807, 2.05) is 0 Å². The third-order valence-corrected chi connectivity index (χ3v) is 15.7. The summed E-state index contributed by atoms with van der Waals surface area (Å²) in [4.78, 5) is 22.4. The van der Waals surface area contributed by atoms with Crippen LogP contribution in [0.1, 0.15) is 144 Å². The van der Waals surface area contributed by atoms with Crippen LogP contribution in [0.3, 0.4) is 0 Å². The number of esters is 1. The van der Waals surface area contributed by atoms with Crippen LogP contribution >= 0.6 is 0 Å². The van der Waals surface area contributed by atoms with Gasteiger partial charge in [-0.1, -0.05) is 41.0 Å². The van der Waals surface area contributed by atoms with Crippen molar-refractivity contribution >= 4 is 14.3 Å². The Hall–Kier alpha value is -2.34. The molecule has 252 valence electrons. The molecule has 1 saturated heterocycles. The average Bonchev–Trinajstić information content (AvgIpc) is 3.25. The molecule has 4 aliphatic rings. The molecule has 4 heterocycles. The van der Waals surface area contributed by atoms with Gasteiger partial charge >= 0.3 is 12.1 Å². The fourth-order valence-corrected chi connectivity index (χ4v) is 8.93. The zero-order chi connectivity index (χ0) is 33.4. The van der Waals surface area contributed by atoms with Crippen molar-refractivity contribution in [2.24, 2.45) is 5.41 Å². The molecule has 6 rings (SSSR count). The molecule has 2 aliphatic carbocycles. The number of halogens is 3. The molecule has 1 saturated carbocycles. The van der Waals surface area contributed by atoms with Gasteiger partial charge in [0.2, 0.25) is 0 Å². The molecular weight excluding hydrogens is 613 g/mol. The molecule has 2 aromatic rings. The van der Waals surface area contributed by atoms with E-state index in [0.717, 1.165) is 59.6 Å². The third kappa shape index (κ3) is 5.52. The number of alkyl halides is 3. The van der Waals surface area contributed by atoms with Crippen LogP contribution in [0.5, 0.6) is 0 Å². The van der Waals surface area contributed by atoms with Crippen LogP contribution < -0.4 is 0 Å². The minimum Gasteiger partial charge on any atom is -0.455 e. The molecule has 2 fully saturated rings. The number of nitrogens with zero attached hydrogens (tertiary/aromatic N) is 2. The molecule has 11 heteroatoms. The summed E-state index contributed by atoms with van der Waals surface area (Å²) in [5.74, 6) is -0.394. The summed E-state index contributed by atoms with van der Waals surface area (Å²) in [6.07, 6.45) is -0.408. The molecule has 2 spiro atoms. The van der Waals surface area contributed by atoms with E-state index in [2.05, 4.69) is 52.7 Å². The second-order valence-electron chi connectivity index (χ2n) is 15.6. The maximum atomic E-state index is 13.5. The number of ether oxygens (including phenoxy) is 3.